The molecule has 0 radical (unpaired) electrons. The Morgan fingerprint density at radius 3 is 3.11 bits per heavy atom. The van der Waals surface area contributed by atoms with Gasteiger partial charge in [-0.25, -0.2) is 0 Å². The van der Waals surface area contributed by atoms with Crippen LogP contribution in [0.3, 0.4) is 0 Å². The molecule has 4 nitrogen and oxygen atoms in total. The lowest BCUT2D eigenvalue weighted by Crippen LogP contribution is -2.45. The molecule has 1 fully saturated rings. The smallest absolute Gasteiger partial charge is 0.246 e. The summed E-state index contributed by atoms with van der Waals surface area (Å²) < 4.78 is 5.18. The van der Waals surface area contributed by atoms with Crippen molar-refractivity contribution in [1.29, 1.82) is 0 Å². The maximum absolute atomic E-state index is 12.1. The molecule has 1 aliphatic rings. The second-order valence-corrected chi connectivity index (χ2v) is 4.87. The number of carbonyl (C=O) groups excluding carboxylic acids is 1. The number of hydrogen-bond donors (Lipinski definition) is 1. The van der Waals surface area contributed by atoms with Crippen LogP contribution in [0, 0.1) is 0 Å². The second-order valence-electron chi connectivity index (χ2n) is 4.87. The van der Waals surface area contributed by atoms with Crippen LogP contribution in [0.5, 0.6) is 0 Å². The summed E-state index contributed by atoms with van der Waals surface area (Å²) in [4.78, 5) is 14.0. The zero-order chi connectivity index (χ0) is 13.5. The standard InChI is InChI=1S/C15H22N2O2/c1-2-17(12-13-6-3-4-10-16-13)15(18)9-8-14-7-5-11-19-14/h5,7-9,11,13,16H,2-4,6,10,12H2,1H3/b9-8+. The van der Waals surface area contributed by atoms with E-state index in [1.54, 1.807) is 18.4 Å². The minimum atomic E-state index is 0.0475. The third kappa shape index (κ3) is 4.24. The van der Waals surface area contributed by atoms with Gasteiger partial charge in [-0.05, 0) is 44.5 Å². The first-order chi connectivity index (χ1) is 9.29. The zero-order valence-electron chi connectivity index (χ0n) is 11.5. The predicted octanol–water partition coefficient (Wildman–Crippen LogP) is 2.28. The molecule has 1 aromatic heterocycles. The Morgan fingerprint density at radius 2 is 2.47 bits per heavy atom. The maximum atomic E-state index is 12.1. The van der Waals surface area contributed by atoms with Gasteiger partial charge < -0.3 is 14.6 Å². The van der Waals surface area contributed by atoms with Crippen molar-refractivity contribution in [3.8, 4) is 0 Å². The fourth-order valence-corrected chi connectivity index (χ4v) is 2.37. The van der Waals surface area contributed by atoms with Crippen LogP contribution >= 0.6 is 0 Å². The SMILES string of the molecule is CCN(CC1CCCCN1)C(=O)/C=C/c1ccco1. The summed E-state index contributed by atoms with van der Waals surface area (Å²) in [5.74, 6) is 0.756. The number of carbonyl (C=O) groups is 1. The first kappa shape index (κ1) is 13.9. The Kier molecular flexibility index (Phi) is 5.21. The van der Waals surface area contributed by atoms with Crippen LogP contribution in [0.25, 0.3) is 6.08 Å². The molecule has 1 aromatic rings. The number of rotatable bonds is 5. The molecule has 0 spiro atoms. The van der Waals surface area contributed by atoms with E-state index in [1.807, 2.05) is 24.0 Å². The van der Waals surface area contributed by atoms with Crippen LogP contribution in [0.1, 0.15) is 31.9 Å². The Morgan fingerprint density at radius 1 is 1.58 bits per heavy atom. The molecule has 0 aliphatic carbocycles. The Balaban J connectivity index is 1.87. The molecule has 1 atom stereocenters. The quantitative estimate of drug-likeness (QED) is 0.828. The number of furan rings is 1. The number of amides is 1. The maximum Gasteiger partial charge on any atom is 0.246 e. The number of piperidine rings is 1. The van der Waals surface area contributed by atoms with Crippen molar-refractivity contribution >= 4 is 12.0 Å². The first-order valence-corrected chi connectivity index (χ1v) is 7.03. The molecule has 1 unspecified atom stereocenters. The molecule has 1 aliphatic heterocycles. The molecular formula is C15H22N2O2. The third-order valence-electron chi connectivity index (χ3n) is 3.48. The molecule has 1 N–H and O–H groups in total. The van der Waals surface area contributed by atoms with Gasteiger partial charge in [0.15, 0.2) is 0 Å². The van der Waals surface area contributed by atoms with E-state index in [4.69, 9.17) is 4.42 Å². The van der Waals surface area contributed by atoms with Crippen molar-refractivity contribution in [2.75, 3.05) is 19.6 Å². The number of nitrogens with one attached hydrogen (secondary N) is 1. The van der Waals surface area contributed by atoms with Crippen LogP contribution in [0.2, 0.25) is 0 Å². The highest BCUT2D eigenvalue weighted by Gasteiger charge is 2.17. The summed E-state index contributed by atoms with van der Waals surface area (Å²) in [6, 6.07) is 4.09. The number of hydrogen-bond acceptors (Lipinski definition) is 3. The van der Waals surface area contributed by atoms with Crippen LogP contribution in [0.4, 0.5) is 0 Å². The average Bonchev–Trinajstić information content (AvgIpc) is 2.96. The highest BCUT2D eigenvalue weighted by molar-refractivity contribution is 5.91. The van der Waals surface area contributed by atoms with Crippen molar-refractivity contribution < 1.29 is 9.21 Å². The summed E-state index contributed by atoms with van der Waals surface area (Å²) in [7, 11) is 0. The lowest BCUT2D eigenvalue weighted by molar-refractivity contribution is -0.126. The summed E-state index contributed by atoms with van der Waals surface area (Å²) in [5, 5.41) is 3.47. The average molecular weight is 262 g/mol. The van der Waals surface area contributed by atoms with Gasteiger partial charge in [-0.3, -0.25) is 4.79 Å². The lowest BCUT2D eigenvalue weighted by atomic mass is 10.0. The fourth-order valence-electron chi connectivity index (χ4n) is 2.37. The van der Waals surface area contributed by atoms with Crippen molar-refractivity contribution in [2.24, 2.45) is 0 Å². The first-order valence-electron chi connectivity index (χ1n) is 7.03. The van der Waals surface area contributed by atoms with Gasteiger partial charge in [-0.2, -0.15) is 0 Å². The predicted molar refractivity (Wildman–Crippen MR) is 75.6 cm³/mol. The molecule has 0 aromatic carbocycles. The normalized spacial score (nSPS) is 19.7. The van der Waals surface area contributed by atoms with Gasteiger partial charge in [0.2, 0.25) is 5.91 Å². The molecule has 4 heteroatoms. The van der Waals surface area contributed by atoms with Crippen molar-refractivity contribution in [2.45, 2.75) is 32.2 Å². The van der Waals surface area contributed by atoms with E-state index in [0.29, 0.717) is 11.8 Å². The van der Waals surface area contributed by atoms with Gasteiger partial charge in [-0.1, -0.05) is 6.42 Å². The molecule has 2 heterocycles. The second kappa shape index (κ2) is 7.14. The summed E-state index contributed by atoms with van der Waals surface area (Å²) >= 11 is 0. The minimum Gasteiger partial charge on any atom is -0.465 e. The molecule has 0 saturated carbocycles. The summed E-state index contributed by atoms with van der Waals surface area (Å²) in [6.45, 7) is 4.61. The fraction of sp³-hybridized carbons (Fsp3) is 0.533. The molecule has 19 heavy (non-hydrogen) atoms. The highest BCUT2D eigenvalue weighted by Crippen LogP contribution is 2.09. The van der Waals surface area contributed by atoms with Crippen molar-refractivity contribution in [3.63, 3.8) is 0 Å². The van der Waals surface area contributed by atoms with E-state index < -0.39 is 0 Å². The van der Waals surface area contributed by atoms with E-state index in [2.05, 4.69) is 5.32 Å². The number of likely N-dealkylation sites (N-methyl/N-ethyl adjacent to an activating group) is 1. The monoisotopic (exact) mass is 262 g/mol. The topological polar surface area (TPSA) is 45.5 Å². The largest absolute Gasteiger partial charge is 0.465 e. The zero-order valence-corrected chi connectivity index (χ0v) is 11.5. The minimum absolute atomic E-state index is 0.0475. The van der Waals surface area contributed by atoms with E-state index in [9.17, 15) is 4.79 Å². The lowest BCUT2D eigenvalue weighted by Gasteiger charge is -2.29. The number of nitrogens with zero attached hydrogens (tertiary/aromatic N) is 1. The van der Waals surface area contributed by atoms with Gasteiger partial charge in [0.25, 0.3) is 0 Å². The van der Waals surface area contributed by atoms with Gasteiger partial charge in [0, 0.05) is 25.2 Å². The van der Waals surface area contributed by atoms with Crippen LogP contribution in [0.15, 0.2) is 28.9 Å². The molecular weight excluding hydrogens is 240 g/mol. The van der Waals surface area contributed by atoms with Crippen molar-refractivity contribution in [1.82, 2.24) is 10.2 Å². The van der Waals surface area contributed by atoms with Crippen LogP contribution < -0.4 is 5.32 Å². The summed E-state index contributed by atoms with van der Waals surface area (Å²) in [5.41, 5.74) is 0. The van der Waals surface area contributed by atoms with Crippen LogP contribution in [-0.4, -0.2) is 36.5 Å². The van der Waals surface area contributed by atoms with E-state index in [-0.39, 0.29) is 5.91 Å². The molecule has 2 rings (SSSR count). The van der Waals surface area contributed by atoms with E-state index in [0.717, 1.165) is 26.1 Å². The van der Waals surface area contributed by atoms with Gasteiger partial charge in [-0.15, -0.1) is 0 Å². The van der Waals surface area contributed by atoms with Crippen molar-refractivity contribution in [3.05, 3.63) is 30.2 Å². The van der Waals surface area contributed by atoms with Gasteiger partial charge in [0.05, 0.1) is 6.26 Å². The third-order valence-corrected chi connectivity index (χ3v) is 3.48. The molecule has 104 valence electrons. The van der Waals surface area contributed by atoms with Crippen LogP contribution in [-0.2, 0) is 4.79 Å². The summed E-state index contributed by atoms with van der Waals surface area (Å²) in [6.07, 6.45) is 8.57. The van der Waals surface area contributed by atoms with Gasteiger partial charge in [0.1, 0.15) is 5.76 Å². The van der Waals surface area contributed by atoms with E-state index in [1.165, 1.54) is 12.8 Å². The Bertz CT molecular complexity index is 406. The highest BCUT2D eigenvalue weighted by atomic mass is 16.3. The Hall–Kier alpha value is -1.55. The van der Waals surface area contributed by atoms with Gasteiger partial charge >= 0.3 is 0 Å². The molecule has 0 bridgehead atoms. The van der Waals surface area contributed by atoms with E-state index >= 15 is 0 Å². The Labute approximate surface area is 114 Å². The molecule has 1 amide bonds. The molecule has 1 saturated heterocycles.